The fraction of sp³-hybridized carbons (Fsp3) is 0.889. The van der Waals surface area contributed by atoms with E-state index in [1.807, 2.05) is 20.8 Å². The van der Waals surface area contributed by atoms with Crippen LogP contribution in [-0.4, -0.2) is 35.4 Å². The van der Waals surface area contributed by atoms with Crippen LogP contribution in [0, 0.1) is 0 Å². The van der Waals surface area contributed by atoms with Crippen LogP contribution in [0.2, 0.25) is 0 Å². The monoisotopic (exact) mass is 187 g/mol. The molecule has 2 N–H and O–H groups in total. The Morgan fingerprint density at radius 1 is 1.54 bits per heavy atom. The average Bonchev–Trinajstić information content (AvgIpc) is 2.31. The fourth-order valence-corrected chi connectivity index (χ4v) is 1.48. The van der Waals surface area contributed by atoms with E-state index in [2.05, 4.69) is 5.32 Å². The molecule has 4 nitrogen and oxygen atoms in total. The molecule has 76 valence electrons. The number of aliphatic carboxylic acids is 1. The van der Waals surface area contributed by atoms with Crippen LogP contribution in [0.25, 0.3) is 0 Å². The molecule has 1 heterocycles. The van der Waals surface area contributed by atoms with E-state index in [4.69, 9.17) is 9.84 Å². The van der Waals surface area contributed by atoms with Crippen LogP contribution in [0.5, 0.6) is 0 Å². The van der Waals surface area contributed by atoms with Crippen molar-refractivity contribution in [3.8, 4) is 0 Å². The number of carboxylic acids is 1. The van der Waals surface area contributed by atoms with Crippen LogP contribution < -0.4 is 5.32 Å². The summed E-state index contributed by atoms with van der Waals surface area (Å²) < 4.78 is 5.65. The van der Waals surface area contributed by atoms with Gasteiger partial charge in [0.05, 0.1) is 11.7 Å². The number of carbonyl (C=O) groups is 1. The first kappa shape index (κ1) is 10.5. The Bertz CT molecular complexity index is 198. The van der Waals surface area contributed by atoms with E-state index >= 15 is 0 Å². The van der Waals surface area contributed by atoms with Gasteiger partial charge in [-0.15, -0.1) is 0 Å². The quantitative estimate of drug-likeness (QED) is 0.665. The lowest BCUT2D eigenvalue weighted by Crippen LogP contribution is -2.30. The van der Waals surface area contributed by atoms with E-state index in [1.54, 1.807) is 0 Å². The zero-order valence-corrected chi connectivity index (χ0v) is 8.33. The number of hydrogen-bond donors (Lipinski definition) is 2. The normalized spacial score (nSPS) is 29.2. The summed E-state index contributed by atoms with van der Waals surface area (Å²) in [5, 5.41) is 11.6. The van der Waals surface area contributed by atoms with Crippen molar-refractivity contribution in [2.24, 2.45) is 0 Å². The Morgan fingerprint density at radius 2 is 2.15 bits per heavy atom. The van der Waals surface area contributed by atoms with Crippen molar-refractivity contribution in [1.82, 2.24) is 5.32 Å². The SMILES string of the molecule is CC(C)(C)OC1CN[C@@H](C(=O)O)C1. The second-order valence-electron chi connectivity index (χ2n) is 4.39. The Labute approximate surface area is 78.3 Å². The number of ether oxygens (including phenoxy) is 1. The molecule has 0 aromatic rings. The first-order valence-electron chi connectivity index (χ1n) is 4.52. The molecule has 0 aromatic heterocycles. The molecule has 1 aliphatic heterocycles. The van der Waals surface area contributed by atoms with Crippen molar-refractivity contribution in [3.05, 3.63) is 0 Å². The molecule has 0 amide bonds. The summed E-state index contributed by atoms with van der Waals surface area (Å²) in [5.41, 5.74) is -0.195. The molecule has 0 aromatic carbocycles. The van der Waals surface area contributed by atoms with Gasteiger partial charge in [0.1, 0.15) is 6.04 Å². The Kier molecular flexibility index (Phi) is 2.93. The summed E-state index contributed by atoms with van der Waals surface area (Å²) in [4.78, 5) is 10.6. The van der Waals surface area contributed by atoms with Gasteiger partial charge in [-0.3, -0.25) is 4.79 Å². The highest BCUT2D eigenvalue weighted by atomic mass is 16.5. The zero-order valence-electron chi connectivity index (χ0n) is 8.33. The molecule has 1 rings (SSSR count). The molecule has 1 aliphatic rings. The van der Waals surface area contributed by atoms with Gasteiger partial charge in [0.15, 0.2) is 0 Å². The van der Waals surface area contributed by atoms with Crippen molar-refractivity contribution in [2.75, 3.05) is 6.54 Å². The van der Waals surface area contributed by atoms with E-state index in [0.717, 1.165) is 0 Å². The number of hydrogen-bond acceptors (Lipinski definition) is 3. The number of rotatable bonds is 2. The van der Waals surface area contributed by atoms with Crippen LogP contribution in [-0.2, 0) is 9.53 Å². The van der Waals surface area contributed by atoms with Gasteiger partial charge in [0, 0.05) is 13.0 Å². The predicted octanol–water partition coefficient (Wildman–Crippen LogP) is 0.617. The van der Waals surface area contributed by atoms with Gasteiger partial charge in [-0.05, 0) is 20.8 Å². The van der Waals surface area contributed by atoms with Crippen molar-refractivity contribution < 1.29 is 14.6 Å². The molecule has 1 saturated heterocycles. The highest BCUT2D eigenvalue weighted by Crippen LogP contribution is 2.17. The molecule has 0 bridgehead atoms. The summed E-state index contributed by atoms with van der Waals surface area (Å²) in [5.74, 6) is -0.792. The Balaban J connectivity index is 2.38. The molecular formula is C9H17NO3. The van der Waals surface area contributed by atoms with Gasteiger partial charge in [-0.2, -0.15) is 0 Å². The minimum Gasteiger partial charge on any atom is -0.480 e. The third kappa shape index (κ3) is 3.32. The van der Waals surface area contributed by atoms with E-state index < -0.39 is 12.0 Å². The van der Waals surface area contributed by atoms with Crippen LogP contribution >= 0.6 is 0 Å². The highest BCUT2D eigenvalue weighted by Gasteiger charge is 2.31. The minimum atomic E-state index is -0.792. The Morgan fingerprint density at radius 3 is 2.54 bits per heavy atom. The van der Waals surface area contributed by atoms with Crippen molar-refractivity contribution in [3.63, 3.8) is 0 Å². The molecule has 0 spiro atoms. The lowest BCUT2D eigenvalue weighted by atomic mass is 10.1. The first-order chi connectivity index (χ1) is 5.88. The Hall–Kier alpha value is -0.610. The largest absolute Gasteiger partial charge is 0.480 e. The van der Waals surface area contributed by atoms with Crippen LogP contribution in [0.1, 0.15) is 27.2 Å². The molecule has 2 atom stereocenters. The summed E-state index contributed by atoms with van der Waals surface area (Å²) in [7, 11) is 0. The summed E-state index contributed by atoms with van der Waals surface area (Å²) in [6.07, 6.45) is 0.591. The maximum absolute atomic E-state index is 10.6. The molecule has 0 aliphatic carbocycles. The summed E-state index contributed by atoms with van der Waals surface area (Å²) in [6.45, 7) is 6.55. The smallest absolute Gasteiger partial charge is 0.320 e. The van der Waals surface area contributed by atoms with Gasteiger partial charge in [0.25, 0.3) is 0 Å². The van der Waals surface area contributed by atoms with Crippen molar-refractivity contribution in [2.45, 2.75) is 44.9 Å². The van der Waals surface area contributed by atoms with Crippen LogP contribution in [0.3, 0.4) is 0 Å². The minimum absolute atomic E-state index is 0.0288. The standard InChI is InChI=1S/C9H17NO3/c1-9(2,3)13-6-4-7(8(11)12)10-5-6/h6-7,10H,4-5H2,1-3H3,(H,11,12)/t6?,7-/m1/s1. The molecule has 4 heteroatoms. The molecule has 0 radical (unpaired) electrons. The van der Waals surface area contributed by atoms with Gasteiger partial charge < -0.3 is 15.2 Å². The average molecular weight is 187 g/mol. The van der Waals surface area contributed by atoms with E-state index in [1.165, 1.54) is 0 Å². The lowest BCUT2D eigenvalue weighted by molar-refractivity contribution is -0.139. The van der Waals surface area contributed by atoms with E-state index in [0.29, 0.717) is 13.0 Å². The fourth-order valence-electron chi connectivity index (χ4n) is 1.48. The van der Waals surface area contributed by atoms with E-state index in [9.17, 15) is 4.79 Å². The second-order valence-corrected chi connectivity index (χ2v) is 4.39. The molecule has 0 saturated carbocycles. The summed E-state index contributed by atoms with van der Waals surface area (Å²) in [6, 6.07) is -0.438. The second kappa shape index (κ2) is 3.64. The third-order valence-corrected chi connectivity index (χ3v) is 1.91. The van der Waals surface area contributed by atoms with Crippen molar-refractivity contribution >= 4 is 5.97 Å². The molecule has 1 unspecified atom stereocenters. The van der Waals surface area contributed by atoms with Crippen LogP contribution in [0.4, 0.5) is 0 Å². The van der Waals surface area contributed by atoms with Crippen molar-refractivity contribution in [1.29, 1.82) is 0 Å². The number of nitrogens with one attached hydrogen (secondary N) is 1. The van der Waals surface area contributed by atoms with Gasteiger partial charge in [0.2, 0.25) is 0 Å². The topological polar surface area (TPSA) is 58.6 Å². The predicted molar refractivity (Wildman–Crippen MR) is 48.7 cm³/mol. The lowest BCUT2D eigenvalue weighted by Gasteiger charge is -2.24. The molecule has 13 heavy (non-hydrogen) atoms. The van der Waals surface area contributed by atoms with Crippen LogP contribution in [0.15, 0.2) is 0 Å². The maximum atomic E-state index is 10.6. The number of carboxylic acid groups (broad SMARTS) is 1. The van der Waals surface area contributed by atoms with Gasteiger partial charge in [-0.1, -0.05) is 0 Å². The maximum Gasteiger partial charge on any atom is 0.320 e. The first-order valence-corrected chi connectivity index (χ1v) is 4.52. The van der Waals surface area contributed by atoms with E-state index in [-0.39, 0.29) is 11.7 Å². The highest BCUT2D eigenvalue weighted by molar-refractivity contribution is 5.73. The molecular weight excluding hydrogens is 170 g/mol. The zero-order chi connectivity index (χ0) is 10.1. The summed E-state index contributed by atoms with van der Waals surface area (Å²) >= 11 is 0. The van der Waals surface area contributed by atoms with Gasteiger partial charge in [-0.25, -0.2) is 0 Å². The van der Waals surface area contributed by atoms with Gasteiger partial charge >= 0.3 is 5.97 Å². The third-order valence-electron chi connectivity index (χ3n) is 1.91. The molecule has 1 fully saturated rings.